The number of piperazine rings is 2. The van der Waals surface area contributed by atoms with Gasteiger partial charge in [0.25, 0.3) is 5.91 Å². The van der Waals surface area contributed by atoms with Crippen molar-refractivity contribution in [3.63, 3.8) is 0 Å². The van der Waals surface area contributed by atoms with Crippen LogP contribution in [0.3, 0.4) is 0 Å². The first kappa shape index (κ1) is 19.8. The molecule has 4 rings (SSSR count). The van der Waals surface area contributed by atoms with Crippen molar-refractivity contribution < 1.29 is 14.6 Å². The summed E-state index contributed by atoms with van der Waals surface area (Å²) >= 11 is 0. The van der Waals surface area contributed by atoms with Crippen LogP contribution >= 0.6 is 0 Å². The standard InChI is InChI=1S/C22H30N6O/c1-19(26-14-16-28(17-15-26)22-23-8-5-9-24-22)21(29)27-12-10-25(11-13-27)18-20-6-3-2-4-7-20/h2-9,19H,10-18H2,1H3/p+2/t19-/m0/s1. The molecule has 2 fully saturated rings. The second kappa shape index (κ2) is 9.33. The van der Waals surface area contributed by atoms with E-state index in [0.717, 1.165) is 64.9 Å². The number of anilines is 1. The number of quaternary nitrogens is 2. The monoisotopic (exact) mass is 396 g/mol. The highest BCUT2D eigenvalue weighted by Crippen LogP contribution is 2.05. The molecule has 3 heterocycles. The predicted molar refractivity (Wildman–Crippen MR) is 112 cm³/mol. The number of benzene rings is 1. The lowest BCUT2D eigenvalue weighted by atomic mass is 10.1. The Labute approximate surface area is 172 Å². The summed E-state index contributed by atoms with van der Waals surface area (Å²) in [7, 11) is 0. The number of nitrogens with one attached hydrogen (secondary N) is 2. The molecule has 2 saturated heterocycles. The van der Waals surface area contributed by atoms with Crippen molar-refractivity contribution >= 4 is 11.9 Å². The second-order valence-electron chi connectivity index (χ2n) is 8.15. The highest BCUT2D eigenvalue weighted by Gasteiger charge is 2.34. The predicted octanol–water partition coefficient (Wildman–Crippen LogP) is -1.50. The number of hydrogen-bond donors (Lipinski definition) is 2. The molecule has 154 valence electrons. The van der Waals surface area contributed by atoms with E-state index in [2.05, 4.69) is 57.0 Å². The molecule has 0 aliphatic carbocycles. The highest BCUT2D eigenvalue weighted by atomic mass is 16.2. The maximum Gasteiger partial charge on any atom is 0.280 e. The Bertz CT molecular complexity index is 770. The third-order valence-corrected chi connectivity index (χ3v) is 6.30. The van der Waals surface area contributed by atoms with Gasteiger partial charge >= 0.3 is 0 Å². The molecule has 7 nitrogen and oxygen atoms in total. The van der Waals surface area contributed by atoms with Crippen molar-refractivity contribution in [2.45, 2.75) is 19.5 Å². The zero-order valence-electron chi connectivity index (χ0n) is 17.3. The summed E-state index contributed by atoms with van der Waals surface area (Å²) in [6, 6.07) is 12.5. The van der Waals surface area contributed by atoms with Gasteiger partial charge in [0.15, 0.2) is 6.04 Å². The van der Waals surface area contributed by atoms with Crippen LogP contribution in [-0.4, -0.2) is 79.2 Å². The third kappa shape index (κ3) is 4.92. The van der Waals surface area contributed by atoms with Crippen LogP contribution in [0.5, 0.6) is 0 Å². The molecular formula is C22H32N6O+2. The zero-order chi connectivity index (χ0) is 20.1. The van der Waals surface area contributed by atoms with Gasteiger partial charge in [-0.1, -0.05) is 30.3 Å². The average molecular weight is 397 g/mol. The molecule has 2 N–H and O–H groups in total. The molecule has 0 bridgehead atoms. The van der Waals surface area contributed by atoms with E-state index in [1.54, 1.807) is 17.3 Å². The van der Waals surface area contributed by atoms with E-state index in [4.69, 9.17) is 0 Å². The Kier molecular flexibility index (Phi) is 6.36. The van der Waals surface area contributed by atoms with Gasteiger partial charge in [-0.15, -0.1) is 0 Å². The van der Waals surface area contributed by atoms with Gasteiger partial charge in [0.05, 0.1) is 52.4 Å². The number of nitrogens with zero attached hydrogens (tertiary/aromatic N) is 4. The van der Waals surface area contributed by atoms with E-state index in [-0.39, 0.29) is 6.04 Å². The Morgan fingerprint density at radius 2 is 1.62 bits per heavy atom. The molecule has 0 unspecified atom stereocenters. The van der Waals surface area contributed by atoms with Gasteiger partial charge < -0.3 is 19.6 Å². The molecule has 2 aliphatic rings. The Morgan fingerprint density at radius 1 is 0.966 bits per heavy atom. The van der Waals surface area contributed by atoms with Crippen molar-refractivity contribution in [1.29, 1.82) is 0 Å². The topological polar surface area (TPSA) is 58.2 Å². The molecular weight excluding hydrogens is 364 g/mol. The summed E-state index contributed by atoms with van der Waals surface area (Å²) in [6.45, 7) is 10.6. The lowest BCUT2D eigenvalue weighted by Gasteiger charge is -2.38. The Hall–Kier alpha value is -2.51. The van der Waals surface area contributed by atoms with Crippen LogP contribution in [0.4, 0.5) is 5.95 Å². The minimum Gasteiger partial charge on any atom is -0.330 e. The fourth-order valence-corrected chi connectivity index (χ4v) is 4.43. The van der Waals surface area contributed by atoms with Gasteiger partial charge in [-0.05, 0) is 13.0 Å². The van der Waals surface area contributed by atoms with E-state index >= 15 is 0 Å². The van der Waals surface area contributed by atoms with Crippen LogP contribution in [0, 0.1) is 0 Å². The second-order valence-corrected chi connectivity index (χ2v) is 8.15. The smallest absolute Gasteiger partial charge is 0.280 e. The summed E-state index contributed by atoms with van der Waals surface area (Å²) in [5.74, 6) is 1.10. The number of carbonyl (C=O) groups is 1. The molecule has 1 aromatic carbocycles. The van der Waals surface area contributed by atoms with Gasteiger partial charge in [-0.3, -0.25) is 4.79 Å². The van der Waals surface area contributed by atoms with E-state index in [1.165, 1.54) is 10.5 Å². The Morgan fingerprint density at radius 3 is 2.28 bits per heavy atom. The molecule has 1 atom stereocenters. The summed E-state index contributed by atoms with van der Waals surface area (Å²) in [4.78, 5) is 29.0. The van der Waals surface area contributed by atoms with Crippen molar-refractivity contribution in [2.24, 2.45) is 0 Å². The summed E-state index contributed by atoms with van der Waals surface area (Å²) < 4.78 is 0. The largest absolute Gasteiger partial charge is 0.330 e. The number of aromatic nitrogens is 2. The number of rotatable bonds is 5. The highest BCUT2D eigenvalue weighted by molar-refractivity contribution is 5.80. The maximum absolute atomic E-state index is 13.1. The van der Waals surface area contributed by atoms with E-state index in [9.17, 15) is 4.79 Å². The van der Waals surface area contributed by atoms with Gasteiger partial charge in [0.1, 0.15) is 6.54 Å². The lowest BCUT2D eigenvalue weighted by molar-refractivity contribution is -0.920. The summed E-state index contributed by atoms with van der Waals surface area (Å²) in [6.07, 6.45) is 3.57. The van der Waals surface area contributed by atoms with Crippen molar-refractivity contribution in [3.05, 3.63) is 54.4 Å². The fraction of sp³-hybridized carbons (Fsp3) is 0.500. The van der Waals surface area contributed by atoms with Crippen molar-refractivity contribution in [1.82, 2.24) is 14.9 Å². The van der Waals surface area contributed by atoms with Gasteiger partial charge in [-0.2, -0.15) is 0 Å². The number of carbonyl (C=O) groups excluding carboxylic acids is 1. The molecule has 1 amide bonds. The molecule has 29 heavy (non-hydrogen) atoms. The van der Waals surface area contributed by atoms with Gasteiger partial charge in [-0.25, -0.2) is 9.97 Å². The summed E-state index contributed by atoms with van der Waals surface area (Å²) in [5, 5.41) is 0. The average Bonchev–Trinajstić information content (AvgIpc) is 2.80. The molecule has 0 radical (unpaired) electrons. The summed E-state index contributed by atoms with van der Waals surface area (Å²) in [5.41, 5.74) is 1.38. The Balaban J connectivity index is 1.24. The van der Waals surface area contributed by atoms with Crippen molar-refractivity contribution in [3.8, 4) is 0 Å². The third-order valence-electron chi connectivity index (χ3n) is 6.30. The quantitative estimate of drug-likeness (QED) is 0.646. The van der Waals surface area contributed by atoms with Gasteiger partial charge in [0, 0.05) is 18.0 Å². The SMILES string of the molecule is C[C@@H](C(=O)N1CC[NH+](Cc2ccccc2)CC1)[NH+]1CCN(c2ncccn2)CC1. The molecule has 2 aliphatic heterocycles. The molecule has 0 saturated carbocycles. The minimum absolute atomic E-state index is 0.0181. The first-order valence-electron chi connectivity index (χ1n) is 10.7. The van der Waals surface area contributed by atoms with Crippen LogP contribution in [0.2, 0.25) is 0 Å². The first-order chi connectivity index (χ1) is 14.2. The van der Waals surface area contributed by atoms with E-state index in [0.29, 0.717) is 5.91 Å². The zero-order valence-corrected chi connectivity index (χ0v) is 17.3. The molecule has 1 aromatic heterocycles. The molecule has 0 spiro atoms. The first-order valence-corrected chi connectivity index (χ1v) is 10.7. The van der Waals surface area contributed by atoms with Crippen molar-refractivity contribution in [2.75, 3.05) is 57.3 Å². The van der Waals surface area contributed by atoms with Crippen LogP contribution in [-0.2, 0) is 11.3 Å². The number of hydrogen-bond acceptors (Lipinski definition) is 4. The van der Waals surface area contributed by atoms with Crippen LogP contribution < -0.4 is 14.7 Å². The molecule has 2 aromatic rings. The van der Waals surface area contributed by atoms with Gasteiger partial charge in [0.2, 0.25) is 5.95 Å². The maximum atomic E-state index is 13.1. The number of amides is 1. The van der Waals surface area contributed by atoms with E-state index in [1.807, 2.05) is 6.07 Å². The van der Waals surface area contributed by atoms with Crippen LogP contribution in [0.1, 0.15) is 12.5 Å². The van der Waals surface area contributed by atoms with E-state index < -0.39 is 0 Å². The van der Waals surface area contributed by atoms with Crippen LogP contribution in [0.25, 0.3) is 0 Å². The molecule has 7 heteroatoms. The fourth-order valence-electron chi connectivity index (χ4n) is 4.43. The normalized spacial score (nSPS) is 19.9. The minimum atomic E-state index is 0.0181. The van der Waals surface area contributed by atoms with Crippen LogP contribution in [0.15, 0.2) is 48.8 Å². The lowest BCUT2D eigenvalue weighted by Crippen LogP contribution is -3.19.